The van der Waals surface area contributed by atoms with Gasteiger partial charge in [-0.1, -0.05) is 49.6 Å². The summed E-state index contributed by atoms with van der Waals surface area (Å²) in [5.41, 5.74) is 3.94. The normalized spacial score (nSPS) is 14.1. The van der Waals surface area contributed by atoms with Crippen molar-refractivity contribution >= 4 is 17.9 Å². The number of hydrogen-bond donors (Lipinski definition) is 0. The Labute approximate surface area is 239 Å². The number of rotatable bonds is 8. The van der Waals surface area contributed by atoms with E-state index in [0.29, 0.717) is 23.3 Å². The topological polar surface area (TPSA) is 78.9 Å². The van der Waals surface area contributed by atoms with E-state index in [1.165, 1.54) is 19.1 Å². The molecule has 1 atom stereocenters. The van der Waals surface area contributed by atoms with Crippen molar-refractivity contribution in [3.8, 4) is 33.8 Å². The standard InChI is InChI=1S/C34H33FO6/c1-7-31(36)39-19-25-9-8-23-16-24(11-13-26(23)25)27-14-10-21(17-28(27)35)22-12-15-29(40-32(37)20(2)3)30(18-22)41-33(38)34(4,5)6/h7,10-18,25H,1-2,8-9,19H2,3-6H3. The first-order valence-corrected chi connectivity index (χ1v) is 13.3. The zero-order valence-corrected chi connectivity index (χ0v) is 23.7. The average molecular weight is 557 g/mol. The van der Waals surface area contributed by atoms with Crippen LogP contribution in [-0.2, 0) is 25.5 Å². The lowest BCUT2D eigenvalue weighted by atomic mass is 9.95. The van der Waals surface area contributed by atoms with E-state index < -0.39 is 29.1 Å². The van der Waals surface area contributed by atoms with E-state index in [9.17, 15) is 14.4 Å². The summed E-state index contributed by atoms with van der Waals surface area (Å²) in [6, 6.07) is 15.5. The van der Waals surface area contributed by atoms with Crippen LogP contribution in [0.2, 0.25) is 0 Å². The number of fused-ring (bicyclic) bond motifs is 1. The van der Waals surface area contributed by atoms with Gasteiger partial charge in [-0.3, -0.25) is 4.79 Å². The third-order valence-corrected chi connectivity index (χ3v) is 6.86. The molecule has 0 radical (unpaired) electrons. The van der Waals surface area contributed by atoms with Gasteiger partial charge in [0.1, 0.15) is 5.82 Å². The molecule has 0 saturated heterocycles. The summed E-state index contributed by atoms with van der Waals surface area (Å²) >= 11 is 0. The van der Waals surface area contributed by atoms with Gasteiger partial charge in [0.2, 0.25) is 0 Å². The van der Waals surface area contributed by atoms with Crippen molar-refractivity contribution < 1.29 is 33.0 Å². The van der Waals surface area contributed by atoms with Crippen molar-refractivity contribution in [3.05, 3.63) is 96.3 Å². The van der Waals surface area contributed by atoms with Gasteiger partial charge in [0.25, 0.3) is 0 Å². The van der Waals surface area contributed by atoms with Gasteiger partial charge in [0, 0.05) is 23.1 Å². The highest BCUT2D eigenvalue weighted by molar-refractivity contribution is 5.90. The van der Waals surface area contributed by atoms with Gasteiger partial charge in [-0.25, -0.2) is 14.0 Å². The van der Waals surface area contributed by atoms with Crippen LogP contribution >= 0.6 is 0 Å². The maximum atomic E-state index is 15.5. The zero-order valence-electron chi connectivity index (χ0n) is 23.7. The number of aryl methyl sites for hydroxylation is 1. The van der Waals surface area contributed by atoms with Crippen molar-refractivity contribution in [1.82, 2.24) is 0 Å². The molecule has 41 heavy (non-hydrogen) atoms. The third kappa shape index (κ3) is 6.80. The van der Waals surface area contributed by atoms with Gasteiger partial charge in [-0.2, -0.15) is 0 Å². The monoisotopic (exact) mass is 556 g/mol. The number of ether oxygens (including phenoxy) is 3. The minimum absolute atomic E-state index is 0.0495. The highest BCUT2D eigenvalue weighted by atomic mass is 19.1. The van der Waals surface area contributed by atoms with Gasteiger partial charge in [-0.15, -0.1) is 0 Å². The van der Waals surface area contributed by atoms with Crippen molar-refractivity contribution in [2.24, 2.45) is 5.41 Å². The van der Waals surface area contributed by atoms with E-state index in [1.54, 1.807) is 45.0 Å². The number of carbonyl (C=O) groups excluding carboxylic acids is 3. The third-order valence-electron chi connectivity index (χ3n) is 6.86. The first-order chi connectivity index (χ1) is 19.4. The molecule has 7 heteroatoms. The van der Waals surface area contributed by atoms with Crippen LogP contribution < -0.4 is 9.47 Å². The molecular formula is C34H33FO6. The van der Waals surface area contributed by atoms with Gasteiger partial charge >= 0.3 is 17.9 Å². The first kappa shape index (κ1) is 29.5. The zero-order chi connectivity index (χ0) is 29.9. The molecule has 3 aromatic carbocycles. The Morgan fingerprint density at radius 2 is 1.63 bits per heavy atom. The van der Waals surface area contributed by atoms with E-state index in [2.05, 4.69) is 13.2 Å². The quantitative estimate of drug-likeness (QED) is 0.164. The molecule has 212 valence electrons. The summed E-state index contributed by atoms with van der Waals surface area (Å²) in [5, 5.41) is 0. The minimum Gasteiger partial charge on any atom is -0.462 e. The van der Waals surface area contributed by atoms with Crippen molar-refractivity contribution in [3.63, 3.8) is 0 Å². The van der Waals surface area contributed by atoms with E-state index in [-0.39, 0.29) is 23.0 Å². The van der Waals surface area contributed by atoms with E-state index in [4.69, 9.17) is 14.2 Å². The van der Waals surface area contributed by atoms with Gasteiger partial charge < -0.3 is 14.2 Å². The molecule has 0 saturated carbocycles. The second-order valence-electron chi connectivity index (χ2n) is 11.1. The second kappa shape index (κ2) is 11.9. The van der Waals surface area contributed by atoms with Gasteiger partial charge in [0.05, 0.1) is 12.0 Å². The molecule has 1 aliphatic rings. The summed E-state index contributed by atoms with van der Waals surface area (Å²) < 4.78 is 31.7. The fourth-order valence-corrected chi connectivity index (χ4v) is 4.51. The number of esters is 3. The van der Waals surface area contributed by atoms with Gasteiger partial charge in [0.15, 0.2) is 11.5 Å². The van der Waals surface area contributed by atoms with Crippen LogP contribution in [0.5, 0.6) is 11.5 Å². The molecule has 0 aliphatic heterocycles. The molecule has 0 heterocycles. The summed E-state index contributed by atoms with van der Waals surface area (Å²) in [6.07, 6.45) is 2.82. The lowest BCUT2D eigenvalue weighted by Gasteiger charge is -2.18. The molecule has 1 aliphatic carbocycles. The number of carbonyl (C=O) groups is 3. The van der Waals surface area contributed by atoms with Crippen LogP contribution in [0.3, 0.4) is 0 Å². The molecule has 0 aromatic heterocycles. The molecule has 3 aromatic rings. The Bertz CT molecular complexity index is 1550. The summed E-state index contributed by atoms with van der Waals surface area (Å²) in [4.78, 5) is 36.2. The van der Waals surface area contributed by atoms with Crippen LogP contribution in [0.25, 0.3) is 22.3 Å². The number of benzene rings is 3. The molecule has 4 rings (SSSR count). The Balaban J connectivity index is 1.61. The molecule has 0 bridgehead atoms. The molecular weight excluding hydrogens is 523 g/mol. The second-order valence-corrected chi connectivity index (χ2v) is 11.1. The van der Waals surface area contributed by atoms with Crippen LogP contribution in [0.4, 0.5) is 4.39 Å². The predicted octanol–water partition coefficient (Wildman–Crippen LogP) is 7.35. The number of hydrogen-bond acceptors (Lipinski definition) is 6. The van der Waals surface area contributed by atoms with E-state index in [0.717, 1.165) is 35.6 Å². The van der Waals surface area contributed by atoms with Gasteiger partial charge in [-0.05, 0) is 86.6 Å². The SMILES string of the molecule is C=CC(=O)OCC1CCc2cc(-c3ccc(-c4ccc(OC(=O)C(=C)C)c(OC(=O)C(C)(C)C)c4)cc3F)ccc21. The lowest BCUT2D eigenvalue weighted by molar-refractivity contribution is -0.143. The minimum atomic E-state index is -0.800. The van der Waals surface area contributed by atoms with Crippen LogP contribution in [0, 0.1) is 11.2 Å². The molecule has 0 fully saturated rings. The first-order valence-electron chi connectivity index (χ1n) is 13.3. The summed E-state index contributed by atoms with van der Waals surface area (Å²) in [7, 11) is 0. The van der Waals surface area contributed by atoms with Crippen molar-refractivity contribution in [2.45, 2.75) is 46.5 Å². The lowest BCUT2D eigenvalue weighted by Crippen LogP contribution is -2.26. The maximum Gasteiger partial charge on any atom is 0.338 e. The summed E-state index contributed by atoms with van der Waals surface area (Å²) in [5.74, 6) is -1.81. The Hall–Kier alpha value is -4.52. The smallest absolute Gasteiger partial charge is 0.338 e. The Kier molecular flexibility index (Phi) is 8.57. The van der Waals surface area contributed by atoms with Crippen LogP contribution in [-0.4, -0.2) is 24.5 Å². The molecule has 6 nitrogen and oxygen atoms in total. The Morgan fingerprint density at radius 1 is 0.951 bits per heavy atom. The van der Waals surface area contributed by atoms with Crippen molar-refractivity contribution in [1.29, 1.82) is 0 Å². The van der Waals surface area contributed by atoms with E-state index in [1.807, 2.05) is 18.2 Å². The highest BCUT2D eigenvalue weighted by Gasteiger charge is 2.27. The molecule has 1 unspecified atom stereocenters. The number of halogens is 1. The van der Waals surface area contributed by atoms with E-state index >= 15 is 4.39 Å². The molecule has 0 spiro atoms. The summed E-state index contributed by atoms with van der Waals surface area (Å²) in [6.45, 7) is 13.9. The largest absolute Gasteiger partial charge is 0.462 e. The highest BCUT2D eigenvalue weighted by Crippen LogP contribution is 2.38. The average Bonchev–Trinajstić information content (AvgIpc) is 3.34. The fraction of sp³-hybridized carbons (Fsp3) is 0.265. The van der Waals surface area contributed by atoms with Crippen LogP contribution in [0.15, 0.2) is 79.4 Å². The Morgan fingerprint density at radius 3 is 2.29 bits per heavy atom. The van der Waals surface area contributed by atoms with Crippen molar-refractivity contribution in [2.75, 3.05) is 6.61 Å². The predicted molar refractivity (Wildman–Crippen MR) is 155 cm³/mol. The molecule has 0 amide bonds. The fourth-order valence-electron chi connectivity index (χ4n) is 4.51. The molecule has 0 N–H and O–H groups in total. The maximum absolute atomic E-state index is 15.5. The van der Waals surface area contributed by atoms with Crippen LogP contribution in [0.1, 0.15) is 51.2 Å².